The fourth-order valence-corrected chi connectivity index (χ4v) is 5.30. The molecular weight excluding hydrogens is 443 g/mol. The van der Waals surface area contributed by atoms with Gasteiger partial charge in [-0.05, 0) is 25.7 Å². The van der Waals surface area contributed by atoms with E-state index in [1.165, 1.54) is 32.1 Å². The Kier molecular flexibility index (Phi) is 5.41. The largest absolute Gasteiger partial charge is 0.374 e. The number of fused-ring (bicyclic) bond motifs is 6. The summed E-state index contributed by atoms with van der Waals surface area (Å²) in [4.78, 5) is 6.95. The first-order chi connectivity index (χ1) is 12.3. The van der Waals surface area contributed by atoms with E-state index in [0.717, 1.165) is 43.7 Å². The fourth-order valence-electron chi connectivity index (χ4n) is 5.30. The first-order valence-electron chi connectivity index (χ1n) is 9.85. The maximum absolute atomic E-state index is 6.09. The van der Waals surface area contributed by atoms with Crippen LogP contribution in [-0.4, -0.2) is 58.0 Å². The topological polar surface area (TPSA) is 67.6 Å². The molecule has 5 heterocycles. The highest BCUT2D eigenvalue weighted by Gasteiger charge is 2.53. The van der Waals surface area contributed by atoms with Crippen LogP contribution >= 0.6 is 24.0 Å². The Bertz CT molecular complexity index is 659. The van der Waals surface area contributed by atoms with E-state index < -0.39 is 0 Å². The number of guanidine groups is 1. The Morgan fingerprint density at radius 3 is 2.65 bits per heavy atom. The van der Waals surface area contributed by atoms with Gasteiger partial charge < -0.3 is 19.5 Å². The van der Waals surface area contributed by atoms with Crippen molar-refractivity contribution in [1.29, 1.82) is 0 Å². The third-order valence-electron chi connectivity index (χ3n) is 6.55. The molecule has 0 saturated carbocycles. The smallest absolute Gasteiger partial charge is 0.194 e. The van der Waals surface area contributed by atoms with Gasteiger partial charge in [0.25, 0.3) is 0 Å². The fraction of sp³-hybridized carbons (Fsp3) is 0.833. The Morgan fingerprint density at radius 1 is 1.15 bits per heavy atom. The molecule has 144 valence electrons. The van der Waals surface area contributed by atoms with Crippen LogP contribution in [0.15, 0.2) is 4.99 Å². The van der Waals surface area contributed by atoms with E-state index in [1.54, 1.807) is 0 Å². The van der Waals surface area contributed by atoms with Crippen molar-refractivity contribution in [3.05, 3.63) is 11.6 Å². The second-order valence-corrected chi connectivity index (χ2v) is 7.92. The van der Waals surface area contributed by atoms with Crippen LogP contribution in [0, 0.1) is 11.8 Å². The van der Waals surface area contributed by atoms with Crippen molar-refractivity contribution in [1.82, 2.24) is 25.0 Å². The molecule has 0 aliphatic carbocycles. The Morgan fingerprint density at radius 2 is 1.92 bits per heavy atom. The summed E-state index contributed by atoms with van der Waals surface area (Å²) < 4.78 is 8.39. The Hall–Kier alpha value is -0.900. The highest BCUT2D eigenvalue weighted by Crippen LogP contribution is 2.47. The summed E-state index contributed by atoms with van der Waals surface area (Å²) >= 11 is 0. The molecule has 7 nitrogen and oxygen atoms in total. The molecule has 3 fully saturated rings. The van der Waals surface area contributed by atoms with E-state index in [0.29, 0.717) is 30.6 Å². The lowest BCUT2D eigenvalue weighted by molar-refractivity contribution is 0.0767. The van der Waals surface area contributed by atoms with Gasteiger partial charge in [0.1, 0.15) is 5.82 Å². The minimum atomic E-state index is 0. The van der Waals surface area contributed by atoms with Crippen molar-refractivity contribution in [3.8, 4) is 0 Å². The normalized spacial score (nSPS) is 32.8. The molecule has 0 spiro atoms. The third kappa shape index (κ3) is 3.12. The van der Waals surface area contributed by atoms with E-state index in [2.05, 4.69) is 30.0 Å². The number of aryl methyl sites for hydroxylation is 1. The number of hydrogen-bond acceptors (Lipinski definition) is 4. The summed E-state index contributed by atoms with van der Waals surface area (Å²) in [6.45, 7) is 3.90. The first kappa shape index (κ1) is 18.5. The number of aliphatic imine (C=N–C) groups is 1. The van der Waals surface area contributed by atoms with Crippen LogP contribution in [0.2, 0.25) is 0 Å². The van der Waals surface area contributed by atoms with Gasteiger partial charge in [-0.3, -0.25) is 4.99 Å². The summed E-state index contributed by atoms with van der Waals surface area (Å²) in [5.41, 5.74) is 0. The predicted octanol–water partition coefficient (Wildman–Crippen LogP) is 1.81. The maximum Gasteiger partial charge on any atom is 0.194 e. The summed E-state index contributed by atoms with van der Waals surface area (Å²) in [6.07, 6.45) is 8.28. The summed E-state index contributed by atoms with van der Waals surface area (Å²) in [7, 11) is 1.88. The SMILES string of the molecule is CN=C(NCc1nnc2n1CCCCC2)N1CC2C3CCC(O3)C2C1.I. The second kappa shape index (κ2) is 7.61. The number of nitrogens with zero attached hydrogens (tertiary/aromatic N) is 5. The highest BCUT2D eigenvalue weighted by molar-refractivity contribution is 14.0. The van der Waals surface area contributed by atoms with Gasteiger partial charge in [-0.15, -0.1) is 34.2 Å². The van der Waals surface area contributed by atoms with Gasteiger partial charge in [-0.1, -0.05) is 6.42 Å². The van der Waals surface area contributed by atoms with Gasteiger partial charge in [-0.25, -0.2) is 0 Å². The van der Waals surface area contributed by atoms with Crippen LogP contribution in [0.5, 0.6) is 0 Å². The van der Waals surface area contributed by atoms with E-state index in [4.69, 9.17) is 4.74 Å². The van der Waals surface area contributed by atoms with Gasteiger partial charge in [0.2, 0.25) is 0 Å². The number of ether oxygens (including phenoxy) is 1. The third-order valence-corrected chi connectivity index (χ3v) is 6.55. The average Bonchev–Trinajstić information content (AvgIpc) is 3.36. The average molecular weight is 472 g/mol. The molecule has 0 aromatic carbocycles. The summed E-state index contributed by atoms with van der Waals surface area (Å²) in [5, 5.41) is 12.4. The van der Waals surface area contributed by atoms with Crippen LogP contribution in [0.25, 0.3) is 0 Å². The van der Waals surface area contributed by atoms with E-state index >= 15 is 0 Å². The van der Waals surface area contributed by atoms with Crippen LogP contribution in [0.4, 0.5) is 0 Å². The monoisotopic (exact) mass is 472 g/mol. The summed E-state index contributed by atoms with van der Waals surface area (Å²) in [5.74, 6) is 4.58. The van der Waals surface area contributed by atoms with Gasteiger partial charge in [0, 0.05) is 44.9 Å². The molecule has 4 atom stereocenters. The van der Waals surface area contributed by atoms with Crippen molar-refractivity contribution in [2.75, 3.05) is 20.1 Å². The molecule has 0 amide bonds. The minimum Gasteiger partial charge on any atom is -0.374 e. The van der Waals surface area contributed by atoms with Crippen LogP contribution in [-0.2, 0) is 24.2 Å². The number of aromatic nitrogens is 3. The van der Waals surface area contributed by atoms with Crippen molar-refractivity contribution in [2.24, 2.45) is 16.8 Å². The van der Waals surface area contributed by atoms with Gasteiger partial charge in [0.05, 0.1) is 18.8 Å². The van der Waals surface area contributed by atoms with Gasteiger partial charge >= 0.3 is 0 Å². The molecule has 26 heavy (non-hydrogen) atoms. The van der Waals surface area contributed by atoms with Crippen LogP contribution in [0.3, 0.4) is 0 Å². The number of likely N-dealkylation sites (tertiary alicyclic amines) is 1. The first-order valence-corrected chi connectivity index (χ1v) is 9.85. The maximum atomic E-state index is 6.09. The molecule has 1 aromatic heterocycles. The van der Waals surface area contributed by atoms with Crippen LogP contribution in [0.1, 0.15) is 43.8 Å². The molecule has 4 aliphatic heterocycles. The lowest BCUT2D eigenvalue weighted by Crippen LogP contribution is -2.41. The molecule has 4 aliphatic rings. The predicted molar refractivity (Wildman–Crippen MR) is 110 cm³/mol. The minimum absolute atomic E-state index is 0. The second-order valence-electron chi connectivity index (χ2n) is 7.92. The molecule has 8 heteroatoms. The molecule has 3 saturated heterocycles. The van der Waals surface area contributed by atoms with Crippen molar-refractivity contribution >= 4 is 29.9 Å². The number of nitrogens with one attached hydrogen (secondary N) is 1. The Balaban J connectivity index is 0.00000168. The lowest BCUT2D eigenvalue weighted by Gasteiger charge is -2.23. The number of rotatable bonds is 2. The lowest BCUT2D eigenvalue weighted by atomic mass is 9.82. The number of halogens is 1. The van der Waals surface area contributed by atoms with Crippen molar-refractivity contribution in [3.63, 3.8) is 0 Å². The standard InChI is InChI=1S/C18H28N6O.HI/c1-19-18(23-10-12-13(11-23)15-7-6-14(12)25-15)20-9-17-22-21-16-5-3-2-4-8-24(16)17;/h12-15H,2-11H2,1H3,(H,19,20);1H. The van der Waals surface area contributed by atoms with Crippen molar-refractivity contribution in [2.45, 2.75) is 63.8 Å². The van der Waals surface area contributed by atoms with Crippen molar-refractivity contribution < 1.29 is 4.74 Å². The zero-order valence-electron chi connectivity index (χ0n) is 15.4. The molecule has 5 rings (SSSR count). The quantitative estimate of drug-likeness (QED) is 0.404. The summed E-state index contributed by atoms with van der Waals surface area (Å²) in [6, 6.07) is 0. The van der Waals surface area contributed by atoms with Gasteiger partial charge in [0.15, 0.2) is 11.8 Å². The Labute approximate surface area is 172 Å². The molecule has 1 N–H and O–H groups in total. The molecule has 2 bridgehead atoms. The number of hydrogen-bond donors (Lipinski definition) is 1. The zero-order valence-corrected chi connectivity index (χ0v) is 17.8. The molecule has 0 radical (unpaired) electrons. The highest BCUT2D eigenvalue weighted by atomic mass is 127. The van der Waals surface area contributed by atoms with Gasteiger partial charge in [-0.2, -0.15) is 0 Å². The van der Waals surface area contributed by atoms with E-state index in [-0.39, 0.29) is 24.0 Å². The molecule has 1 aromatic rings. The molecule has 4 unspecified atom stereocenters. The van der Waals surface area contributed by atoms with Crippen LogP contribution < -0.4 is 5.32 Å². The van der Waals surface area contributed by atoms with E-state index in [9.17, 15) is 0 Å². The van der Waals surface area contributed by atoms with E-state index in [1.807, 2.05) is 7.05 Å². The zero-order chi connectivity index (χ0) is 16.8. The molecular formula is C18H29IN6O.